The topological polar surface area (TPSA) is 41.5 Å². The highest BCUT2D eigenvalue weighted by Gasteiger charge is 2.33. The van der Waals surface area contributed by atoms with Crippen LogP contribution in [0.25, 0.3) is 0 Å². The summed E-state index contributed by atoms with van der Waals surface area (Å²) < 4.78 is 10.9. The quantitative estimate of drug-likeness (QED) is 0.745. The van der Waals surface area contributed by atoms with Crippen LogP contribution in [0.3, 0.4) is 0 Å². The molecule has 0 amide bonds. The Hall–Kier alpha value is -0.0300. The average molecular weight is 262 g/mol. The third-order valence-electron chi connectivity index (χ3n) is 3.06. The second-order valence-corrected chi connectivity index (χ2v) is 6.74. The van der Waals surface area contributed by atoms with Gasteiger partial charge in [-0.15, -0.1) is 0 Å². The minimum Gasteiger partial charge on any atom is -0.359 e. The van der Waals surface area contributed by atoms with Crippen molar-refractivity contribution in [3.63, 3.8) is 0 Å². The van der Waals surface area contributed by atoms with Crippen molar-refractivity contribution < 1.29 is 4.21 Å². The maximum Gasteiger partial charge on any atom is 0.157 e. The van der Waals surface area contributed by atoms with Gasteiger partial charge in [-0.25, -0.2) is 0 Å². The summed E-state index contributed by atoms with van der Waals surface area (Å²) in [6, 6.07) is 0. The summed E-state index contributed by atoms with van der Waals surface area (Å²) in [5, 5.41) is 4.60. The van der Waals surface area contributed by atoms with Crippen molar-refractivity contribution in [2.45, 2.75) is 38.6 Å². The molecule has 0 aromatic heterocycles. The second-order valence-electron chi connectivity index (χ2n) is 4.22. The maximum atomic E-state index is 10.9. The molecule has 1 heterocycles. The van der Waals surface area contributed by atoms with Crippen LogP contribution in [0, 0.1) is 0 Å². The van der Waals surface area contributed by atoms with Gasteiger partial charge in [0.15, 0.2) is 5.17 Å². The van der Waals surface area contributed by atoms with Crippen LogP contribution < -0.4 is 5.32 Å². The number of thioether (sulfide) groups is 1. The van der Waals surface area contributed by atoms with E-state index in [1.54, 1.807) is 6.26 Å². The predicted octanol–water partition coefficient (Wildman–Crippen LogP) is 2.01. The molecule has 1 N–H and O–H groups in total. The lowest BCUT2D eigenvalue weighted by Gasteiger charge is -2.25. The van der Waals surface area contributed by atoms with Gasteiger partial charge in [0.25, 0.3) is 0 Å². The monoisotopic (exact) mass is 262 g/mol. The lowest BCUT2D eigenvalue weighted by molar-refractivity contribution is 0.407. The second kappa shape index (κ2) is 6.64. The van der Waals surface area contributed by atoms with Gasteiger partial charge in [0, 0.05) is 40.6 Å². The molecule has 5 heteroatoms. The normalized spacial score (nSPS) is 23.3. The van der Waals surface area contributed by atoms with Crippen LogP contribution in [-0.2, 0) is 10.8 Å². The van der Waals surface area contributed by atoms with Gasteiger partial charge in [0.2, 0.25) is 0 Å². The van der Waals surface area contributed by atoms with Gasteiger partial charge in [-0.1, -0.05) is 25.6 Å². The largest absolute Gasteiger partial charge is 0.359 e. The van der Waals surface area contributed by atoms with E-state index in [2.05, 4.69) is 24.2 Å². The van der Waals surface area contributed by atoms with E-state index in [4.69, 9.17) is 0 Å². The first-order valence-corrected chi connectivity index (χ1v) is 8.58. The Morgan fingerprint density at radius 2 is 2.19 bits per heavy atom. The van der Waals surface area contributed by atoms with Crippen molar-refractivity contribution in [1.82, 2.24) is 5.32 Å². The maximum absolute atomic E-state index is 10.9. The minimum absolute atomic E-state index is 0.261. The van der Waals surface area contributed by atoms with E-state index in [1.807, 2.05) is 11.8 Å². The van der Waals surface area contributed by atoms with Crippen molar-refractivity contribution in [3.05, 3.63) is 0 Å². The fourth-order valence-electron chi connectivity index (χ4n) is 1.67. The Morgan fingerprint density at radius 1 is 1.50 bits per heavy atom. The minimum atomic E-state index is -0.684. The number of nitrogens with one attached hydrogen (secondary N) is 1. The molecule has 0 bridgehead atoms. The van der Waals surface area contributed by atoms with Crippen molar-refractivity contribution in [2.75, 3.05) is 24.3 Å². The van der Waals surface area contributed by atoms with Crippen LogP contribution in [0.2, 0.25) is 0 Å². The highest BCUT2D eigenvalue weighted by molar-refractivity contribution is 8.14. The van der Waals surface area contributed by atoms with E-state index < -0.39 is 10.8 Å². The van der Waals surface area contributed by atoms with Gasteiger partial charge in [-0.2, -0.15) is 0 Å². The molecule has 1 rings (SSSR count). The highest BCUT2D eigenvalue weighted by atomic mass is 32.2. The number of hydrogen-bond acceptors (Lipinski definition) is 3. The highest BCUT2D eigenvalue weighted by Crippen LogP contribution is 2.28. The zero-order valence-corrected chi connectivity index (χ0v) is 12.0. The first-order chi connectivity index (χ1) is 7.62. The fraction of sp³-hybridized carbons (Fsp3) is 0.909. The standard InChI is InChI=1S/C11H22N2OS2/c1-4-11(5-2)9-15-10(13-11)12-7-6-8-16(3)14/h4-9H2,1-3H3,(H,12,13). The summed E-state index contributed by atoms with van der Waals surface area (Å²) in [4.78, 5) is 4.52. The smallest absolute Gasteiger partial charge is 0.157 e. The van der Waals surface area contributed by atoms with E-state index >= 15 is 0 Å². The number of rotatable bonds is 6. The lowest BCUT2D eigenvalue weighted by atomic mass is 9.96. The van der Waals surface area contributed by atoms with E-state index in [9.17, 15) is 4.21 Å². The van der Waals surface area contributed by atoms with Crippen LogP contribution in [0.15, 0.2) is 4.99 Å². The average Bonchev–Trinajstić information content (AvgIpc) is 2.69. The number of nitrogens with zero attached hydrogens (tertiary/aromatic N) is 1. The molecule has 0 radical (unpaired) electrons. The van der Waals surface area contributed by atoms with Crippen molar-refractivity contribution in [2.24, 2.45) is 4.99 Å². The van der Waals surface area contributed by atoms with Crippen LogP contribution in [0.4, 0.5) is 0 Å². The molecule has 1 saturated heterocycles. The van der Waals surface area contributed by atoms with Crippen LogP contribution >= 0.6 is 11.8 Å². The summed E-state index contributed by atoms with van der Waals surface area (Å²) in [6.45, 7) is 5.24. The van der Waals surface area contributed by atoms with E-state index in [-0.39, 0.29) is 5.54 Å². The van der Waals surface area contributed by atoms with Gasteiger partial charge in [-0.05, 0) is 19.3 Å². The molecule has 0 saturated carbocycles. The zero-order valence-electron chi connectivity index (χ0n) is 10.4. The third kappa shape index (κ3) is 4.09. The van der Waals surface area contributed by atoms with Crippen molar-refractivity contribution >= 4 is 27.7 Å². The Bertz CT molecular complexity index is 275. The van der Waals surface area contributed by atoms with Gasteiger partial charge in [-0.3, -0.25) is 9.20 Å². The molecule has 1 aliphatic heterocycles. The fourth-order valence-corrected chi connectivity index (χ4v) is 3.57. The third-order valence-corrected chi connectivity index (χ3v) is 5.12. The molecule has 3 nitrogen and oxygen atoms in total. The molecule has 0 spiro atoms. The summed E-state index contributed by atoms with van der Waals surface area (Å²) in [6.07, 6.45) is 4.96. The Labute approximate surface area is 105 Å². The first kappa shape index (κ1) is 14.0. The number of amidine groups is 1. The van der Waals surface area contributed by atoms with Crippen LogP contribution in [0.1, 0.15) is 33.1 Å². The SMILES string of the molecule is CCC1(CC)CSC(=NCCCS(C)=O)N1. The molecular weight excluding hydrogens is 240 g/mol. The molecule has 1 unspecified atom stereocenters. The summed E-state index contributed by atoms with van der Waals surface area (Å²) >= 11 is 1.82. The summed E-state index contributed by atoms with van der Waals surface area (Å²) in [7, 11) is -0.684. The molecular formula is C11H22N2OS2. The molecule has 94 valence electrons. The molecule has 1 aliphatic rings. The van der Waals surface area contributed by atoms with Gasteiger partial charge < -0.3 is 5.32 Å². The molecule has 0 aromatic carbocycles. The number of aliphatic imine (C=N–C) groups is 1. The van der Waals surface area contributed by atoms with Gasteiger partial charge in [0.05, 0.1) is 0 Å². The first-order valence-electron chi connectivity index (χ1n) is 5.87. The number of hydrogen-bond donors (Lipinski definition) is 1. The van der Waals surface area contributed by atoms with Crippen LogP contribution in [0.5, 0.6) is 0 Å². The zero-order chi connectivity index (χ0) is 12.0. The Kier molecular flexibility index (Phi) is 5.83. The molecule has 16 heavy (non-hydrogen) atoms. The van der Waals surface area contributed by atoms with E-state index in [0.29, 0.717) is 0 Å². The van der Waals surface area contributed by atoms with Crippen molar-refractivity contribution in [3.8, 4) is 0 Å². The van der Waals surface area contributed by atoms with Crippen LogP contribution in [-0.4, -0.2) is 39.2 Å². The van der Waals surface area contributed by atoms with Gasteiger partial charge in [0.1, 0.15) is 0 Å². The molecule has 1 fully saturated rings. The molecule has 1 atom stereocenters. The van der Waals surface area contributed by atoms with E-state index in [0.717, 1.165) is 42.5 Å². The van der Waals surface area contributed by atoms with E-state index in [1.165, 1.54) is 0 Å². The van der Waals surface area contributed by atoms with Crippen molar-refractivity contribution in [1.29, 1.82) is 0 Å². The summed E-state index contributed by atoms with van der Waals surface area (Å²) in [5.74, 6) is 1.88. The summed E-state index contributed by atoms with van der Waals surface area (Å²) in [5.41, 5.74) is 0.261. The Balaban J connectivity index is 2.34. The Morgan fingerprint density at radius 3 is 2.69 bits per heavy atom. The lowest BCUT2D eigenvalue weighted by Crippen LogP contribution is -2.42. The molecule has 0 aromatic rings. The van der Waals surface area contributed by atoms with Gasteiger partial charge >= 0.3 is 0 Å². The predicted molar refractivity (Wildman–Crippen MR) is 74.8 cm³/mol. The molecule has 0 aliphatic carbocycles.